The summed E-state index contributed by atoms with van der Waals surface area (Å²) in [4.78, 5) is 0. The van der Waals surface area contributed by atoms with Crippen LogP contribution in [-0.2, 0) is 14.5 Å². The van der Waals surface area contributed by atoms with E-state index in [2.05, 4.69) is 4.39 Å². The van der Waals surface area contributed by atoms with E-state index in [1.54, 1.807) is 6.92 Å². The van der Waals surface area contributed by atoms with Crippen LogP contribution >= 0.6 is 0 Å². The summed E-state index contributed by atoms with van der Waals surface area (Å²) in [6, 6.07) is 0. The number of halogens is 1. The predicted octanol–water partition coefficient (Wildman–Crippen LogP) is 1.02. The van der Waals surface area contributed by atoms with Crippen molar-refractivity contribution in [3.63, 3.8) is 0 Å². The van der Waals surface area contributed by atoms with Gasteiger partial charge in [-0.3, -0.25) is 0 Å². The zero-order valence-corrected chi connectivity index (χ0v) is 6.11. The highest BCUT2D eigenvalue weighted by Crippen LogP contribution is 2.06. The minimum atomic E-state index is -3.91. The van der Waals surface area contributed by atoms with Gasteiger partial charge in [0.1, 0.15) is 0 Å². The fourth-order valence-electron chi connectivity index (χ4n) is 0.266. The maximum Gasteiger partial charge on any atom is 0.300 e. The van der Waals surface area contributed by atoms with Crippen LogP contribution in [0.2, 0.25) is 0 Å². The molecule has 0 spiro atoms. The lowest BCUT2D eigenvalue weighted by atomic mass is 10.4. The highest BCUT2D eigenvalue weighted by molar-refractivity contribution is 7.87. The van der Waals surface area contributed by atoms with Crippen molar-refractivity contribution in [1.29, 1.82) is 0 Å². The summed E-state index contributed by atoms with van der Waals surface area (Å²) in [5, 5.41) is -0.762. The molecular weight excluding hydrogens is 147 g/mol. The van der Waals surface area contributed by atoms with E-state index in [0.29, 0.717) is 6.42 Å². The van der Waals surface area contributed by atoms with Gasteiger partial charge in [0.05, 0.1) is 5.25 Å². The summed E-state index contributed by atoms with van der Waals surface area (Å²) in [5.74, 6) is 0. The van der Waals surface area contributed by atoms with E-state index in [9.17, 15) is 12.9 Å². The Kier molecular flexibility index (Phi) is 3.07. The Morgan fingerprint density at radius 3 is 2.22 bits per heavy atom. The topological polar surface area (TPSA) is 43.4 Å². The average molecular weight is 156 g/mol. The fraction of sp³-hybridized carbons (Fsp3) is 1.00. The van der Waals surface area contributed by atoms with Crippen molar-refractivity contribution in [3.8, 4) is 0 Å². The van der Waals surface area contributed by atoms with Gasteiger partial charge in [-0.25, -0.2) is 0 Å². The molecule has 0 rings (SSSR count). The molecule has 0 amide bonds. The molecule has 9 heavy (non-hydrogen) atoms. The molecule has 5 heteroatoms. The first-order valence-electron chi connectivity index (χ1n) is 2.58. The van der Waals surface area contributed by atoms with Crippen LogP contribution in [0.3, 0.4) is 0 Å². The fourth-order valence-corrected chi connectivity index (χ4v) is 0.799. The Labute approximate surface area is 53.8 Å². The van der Waals surface area contributed by atoms with E-state index >= 15 is 0 Å². The molecule has 0 N–H and O–H groups in total. The lowest BCUT2D eigenvalue weighted by molar-refractivity contribution is 0.00129. The van der Waals surface area contributed by atoms with Gasteiger partial charge in [0.25, 0.3) is 10.1 Å². The van der Waals surface area contributed by atoms with E-state index in [1.807, 2.05) is 0 Å². The second-order valence-electron chi connectivity index (χ2n) is 1.77. The monoisotopic (exact) mass is 156 g/mol. The molecule has 0 aliphatic rings. The van der Waals surface area contributed by atoms with Crippen molar-refractivity contribution >= 4 is 10.1 Å². The Morgan fingerprint density at radius 2 is 2.11 bits per heavy atom. The Balaban J connectivity index is 4.17. The van der Waals surface area contributed by atoms with Crippen LogP contribution < -0.4 is 0 Å². The summed E-state index contributed by atoms with van der Waals surface area (Å²) in [6.07, 6.45) is 0.353. The lowest BCUT2D eigenvalue weighted by Gasteiger charge is -2.02. The smallest absolute Gasteiger partial charge is 0.197 e. The van der Waals surface area contributed by atoms with Gasteiger partial charge in [-0.2, -0.15) is 8.42 Å². The van der Waals surface area contributed by atoms with Crippen molar-refractivity contribution in [1.82, 2.24) is 0 Å². The molecule has 0 saturated carbocycles. The first kappa shape index (κ1) is 8.84. The van der Waals surface area contributed by atoms with Crippen molar-refractivity contribution in [2.75, 3.05) is 0 Å². The van der Waals surface area contributed by atoms with Gasteiger partial charge in [-0.15, -0.1) is 0 Å². The van der Waals surface area contributed by atoms with Gasteiger partial charge in [0.2, 0.25) is 0 Å². The molecule has 3 nitrogen and oxygen atoms in total. The number of hydrogen-bond donors (Lipinski definition) is 0. The third-order valence-electron chi connectivity index (χ3n) is 1.16. The third kappa shape index (κ3) is 2.28. The second kappa shape index (κ2) is 3.12. The SMILES string of the molecule is CCC(C)S(=O)(=O)OF. The summed E-state index contributed by atoms with van der Waals surface area (Å²) in [5.41, 5.74) is 0. The lowest BCUT2D eigenvalue weighted by Crippen LogP contribution is -2.16. The molecule has 0 radical (unpaired) electrons. The maximum atomic E-state index is 11.1. The Hall–Kier alpha value is -0.160. The number of rotatable bonds is 3. The van der Waals surface area contributed by atoms with Crippen LogP contribution in [0.4, 0.5) is 4.53 Å². The van der Waals surface area contributed by atoms with Crippen molar-refractivity contribution < 1.29 is 17.3 Å². The molecule has 0 aromatic heterocycles. The first-order valence-corrected chi connectivity index (χ1v) is 4.05. The minimum absolute atomic E-state index is 0.353. The Morgan fingerprint density at radius 1 is 1.67 bits per heavy atom. The van der Waals surface area contributed by atoms with Crippen LogP contribution in [0, 0.1) is 0 Å². The van der Waals surface area contributed by atoms with Gasteiger partial charge in [0.15, 0.2) is 0 Å². The molecule has 0 aromatic rings. The van der Waals surface area contributed by atoms with E-state index < -0.39 is 15.4 Å². The molecule has 1 unspecified atom stereocenters. The zero-order valence-electron chi connectivity index (χ0n) is 5.30. The van der Waals surface area contributed by atoms with Crippen molar-refractivity contribution in [2.24, 2.45) is 0 Å². The van der Waals surface area contributed by atoms with E-state index in [-0.39, 0.29) is 0 Å². The summed E-state index contributed by atoms with van der Waals surface area (Å²) >= 11 is 0. The normalized spacial score (nSPS) is 15.4. The van der Waals surface area contributed by atoms with Gasteiger partial charge < -0.3 is 0 Å². The van der Waals surface area contributed by atoms with Gasteiger partial charge in [-0.05, 0) is 17.9 Å². The largest absolute Gasteiger partial charge is 0.300 e. The van der Waals surface area contributed by atoms with Crippen LogP contribution in [-0.4, -0.2) is 13.7 Å². The quantitative estimate of drug-likeness (QED) is 0.612. The van der Waals surface area contributed by atoms with Crippen LogP contribution in [0.1, 0.15) is 20.3 Å². The summed E-state index contributed by atoms with van der Waals surface area (Å²) < 4.78 is 34.5. The molecule has 0 fully saturated rings. The summed E-state index contributed by atoms with van der Waals surface area (Å²) in [6.45, 7) is 3.02. The van der Waals surface area contributed by atoms with Crippen LogP contribution in [0.25, 0.3) is 0 Å². The highest BCUT2D eigenvalue weighted by atomic mass is 32.2. The molecule has 0 aliphatic carbocycles. The van der Waals surface area contributed by atoms with E-state index in [0.717, 1.165) is 0 Å². The maximum absolute atomic E-state index is 11.1. The first-order chi connectivity index (χ1) is 4.04. The molecule has 56 valence electrons. The molecule has 0 aliphatic heterocycles. The molecule has 0 bridgehead atoms. The van der Waals surface area contributed by atoms with Crippen LogP contribution in [0.5, 0.6) is 0 Å². The van der Waals surface area contributed by atoms with Gasteiger partial charge >= 0.3 is 0 Å². The zero-order chi connectivity index (χ0) is 7.49. The minimum Gasteiger partial charge on any atom is -0.197 e. The van der Waals surface area contributed by atoms with E-state index in [4.69, 9.17) is 0 Å². The molecule has 0 aromatic carbocycles. The number of hydrogen-bond acceptors (Lipinski definition) is 3. The molecule has 0 heterocycles. The standard InChI is InChI=1S/C4H9FO3S/c1-3-4(2)9(6,7)8-5/h4H,3H2,1-2H3. The summed E-state index contributed by atoms with van der Waals surface area (Å²) in [7, 11) is -3.91. The highest BCUT2D eigenvalue weighted by Gasteiger charge is 2.19. The van der Waals surface area contributed by atoms with Gasteiger partial charge in [-0.1, -0.05) is 11.3 Å². The van der Waals surface area contributed by atoms with Gasteiger partial charge in [0, 0.05) is 0 Å². The van der Waals surface area contributed by atoms with E-state index in [1.165, 1.54) is 6.92 Å². The Bertz CT molecular complexity index is 163. The van der Waals surface area contributed by atoms with Crippen molar-refractivity contribution in [3.05, 3.63) is 0 Å². The van der Waals surface area contributed by atoms with Crippen molar-refractivity contribution in [2.45, 2.75) is 25.5 Å². The average Bonchev–Trinajstić information content (AvgIpc) is 1.86. The third-order valence-corrected chi connectivity index (χ3v) is 2.65. The molecular formula is C4H9FO3S. The molecule has 0 saturated heterocycles. The molecule has 1 atom stereocenters. The van der Waals surface area contributed by atoms with Crippen LogP contribution in [0.15, 0.2) is 0 Å². The predicted molar refractivity (Wildman–Crippen MR) is 30.9 cm³/mol. The second-order valence-corrected chi connectivity index (χ2v) is 3.69.